The molecule has 1 fully saturated rings. The van der Waals surface area contributed by atoms with Gasteiger partial charge in [-0.15, -0.1) is 0 Å². The van der Waals surface area contributed by atoms with Gasteiger partial charge in [0.05, 0.1) is 53.8 Å². The number of hydrogen-bond acceptors (Lipinski definition) is 7. The lowest BCUT2D eigenvalue weighted by molar-refractivity contribution is -0.112. The molecule has 10 nitrogen and oxygen atoms in total. The molecule has 3 aromatic heterocycles. The summed E-state index contributed by atoms with van der Waals surface area (Å²) in [6.07, 6.45) is 5.16. The van der Waals surface area contributed by atoms with E-state index in [1.54, 1.807) is 29.8 Å². The normalized spacial score (nSPS) is 15.4. The molecule has 48 heavy (non-hydrogen) atoms. The van der Waals surface area contributed by atoms with Crippen LogP contribution in [0.3, 0.4) is 0 Å². The number of benzene rings is 2. The number of methoxy groups -OCH3 is 1. The van der Waals surface area contributed by atoms with Crippen LogP contribution in [0.2, 0.25) is 0 Å². The molecule has 12 heteroatoms. The molecule has 0 unspecified atom stereocenters. The van der Waals surface area contributed by atoms with E-state index in [-0.39, 0.29) is 16.8 Å². The molecule has 2 aliphatic rings. The van der Waals surface area contributed by atoms with E-state index in [0.717, 1.165) is 56.9 Å². The van der Waals surface area contributed by atoms with Crippen LogP contribution in [0.1, 0.15) is 34.4 Å². The van der Waals surface area contributed by atoms with Gasteiger partial charge in [0.2, 0.25) is 11.7 Å². The highest BCUT2D eigenvalue weighted by Crippen LogP contribution is 2.47. The van der Waals surface area contributed by atoms with Crippen LogP contribution in [-0.4, -0.2) is 71.6 Å². The largest absolute Gasteiger partial charge is 0.496 e. The molecular formula is C36H36F2N6O4. The number of hydrogen-bond donors (Lipinski definition) is 2. The van der Waals surface area contributed by atoms with E-state index in [0.29, 0.717) is 38.5 Å². The first-order valence-electron chi connectivity index (χ1n) is 15.7. The lowest BCUT2D eigenvalue weighted by atomic mass is 9.96. The summed E-state index contributed by atoms with van der Waals surface area (Å²) in [6, 6.07) is 9.50. The number of nitrogens with zero attached hydrogens (tertiary/aromatic N) is 4. The van der Waals surface area contributed by atoms with Gasteiger partial charge < -0.3 is 34.0 Å². The summed E-state index contributed by atoms with van der Waals surface area (Å²) < 4.78 is 45.5. The minimum absolute atomic E-state index is 0.148. The minimum atomic E-state index is -1.05. The summed E-state index contributed by atoms with van der Waals surface area (Å²) in [5.41, 5.74) is 5.47. The van der Waals surface area contributed by atoms with Crippen molar-refractivity contribution in [3.8, 4) is 16.9 Å². The molecule has 0 radical (unpaired) electrons. The standard InChI is InChI=1S/C36H36F2N6O4/c1-20-40-32-26(43(20)4)17-28(47-5)30-23-8-7-12-44-27(16-21(33(23)44)10-13-42(3)34(30)32)35(46)22-14-24(37)31(25(38)15-22)41-29(45)9-6-11-39-36(2)18-48-19-36/h6-9,12,14-17,39H,10-11,13,18-19H2,1-5H3,(H,41,45)/b9-6+. The summed E-state index contributed by atoms with van der Waals surface area (Å²) in [7, 11) is 5.61. The number of likely N-dealkylation sites (N-methyl/N-ethyl adjacent to an activating group) is 1. The average Bonchev–Trinajstić information content (AvgIpc) is 3.56. The fraction of sp³-hybridized carbons (Fsp3) is 0.306. The zero-order valence-corrected chi connectivity index (χ0v) is 27.4. The summed E-state index contributed by atoms with van der Waals surface area (Å²) in [5, 5.41) is 5.49. The first-order chi connectivity index (χ1) is 23.0. The van der Waals surface area contributed by atoms with E-state index in [1.807, 2.05) is 50.7 Å². The van der Waals surface area contributed by atoms with Crippen LogP contribution in [0.5, 0.6) is 5.75 Å². The van der Waals surface area contributed by atoms with E-state index in [4.69, 9.17) is 14.5 Å². The zero-order valence-electron chi connectivity index (χ0n) is 27.4. The molecule has 7 rings (SSSR count). The van der Waals surface area contributed by atoms with Gasteiger partial charge in [-0.25, -0.2) is 13.8 Å². The lowest BCUT2D eigenvalue weighted by Gasteiger charge is -2.38. The van der Waals surface area contributed by atoms with Gasteiger partial charge in [-0.2, -0.15) is 0 Å². The molecule has 2 aliphatic heterocycles. The molecule has 2 N–H and O–H groups in total. The molecule has 5 aromatic rings. The van der Waals surface area contributed by atoms with Crippen molar-refractivity contribution in [1.82, 2.24) is 19.3 Å². The number of imidazole rings is 1. The van der Waals surface area contributed by atoms with Crippen LogP contribution >= 0.6 is 0 Å². The predicted molar refractivity (Wildman–Crippen MR) is 180 cm³/mol. The predicted octanol–water partition coefficient (Wildman–Crippen LogP) is 5.18. The van der Waals surface area contributed by atoms with Crippen molar-refractivity contribution < 1.29 is 27.8 Å². The van der Waals surface area contributed by atoms with Gasteiger partial charge in [0, 0.05) is 56.7 Å². The maximum Gasteiger partial charge on any atom is 0.248 e. The number of nitrogens with one attached hydrogen (secondary N) is 2. The SMILES string of the molecule is COc1cc2c(nc(C)n2C)c2c1-c1cccn3c(C(=O)c4cc(F)c(NC(=O)/C=C/CNC5(C)COC5)c(F)c4)cc(c13)CCN2C. The van der Waals surface area contributed by atoms with Gasteiger partial charge in [-0.05, 0) is 50.1 Å². The van der Waals surface area contributed by atoms with Gasteiger partial charge in [-0.3, -0.25) is 9.59 Å². The molecule has 0 spiro atoms. The zero-order chi connectivity index (χ0) is 33.9. The van der Waals surface area contributed by atoms with Crippen molar-refractivity contribution in [1.29, 1.82) is 0 Å². The molecule has 0 bridgehead atoms. The molecule has 1 saturated heterocycles. The van der Waals surface area contributed by atoms with Gasteiger partial charge >= 0.3 is 0 Å². The number of amides is 1. The highest BCUT2D eigenvalue weighted by molar-refractivity contribution is 6.11. The van der Waals surface area contributed by atoms with Crippen molar-refractivity contribution in [3.05, 3.63) is 89.0 Å². The Bertz CT molecular complexity index is 2140. The van der Waals surface area contributed by atoms with Crippen LogP contribution in [0.15, 0.2) is 54.7 Å². The molecule has 5 heterocycles. The number of anilines is 2. The minimum Gasteiger partial charge on any atom is -0.496 e. The van der Waals surface area contributed by atoms with Crippen molar-refractivity contribution in [2.24, 2.45) is 7.05 Å². The third-order valence-electron chi connectivity index (χ3n) is 9.34. The highest BCUT2D eigenvalue weighted by Gasteiger charge is 2.32. The fourth-order valence-corrected chi connectivity index (χ4v) is 6.62. The summed E-state index contributed by atoms with van der Waals surface area (Å²) >= 11 is 0. The Kier molecular flexibility index (Phi) is 7.80. The Labute approximate surface area is 275 Å². The topological polar surface area (TPSA) is 102 Å². The van der Waals surface area contributed by atoms with E-state index < -0.39 is 29.0 Å². The van der Waals surface area contributed by atoms with Crippen molar-refractivity contribution in [3.63, 3.8) is 0 Å². The van der Waals surface area contributed by atoms with Crippen LogP contribution in [0.4, 0.5) is 20.2 Å². The number of aromatic nitrogens is 3. The molecular weight excluding hydrogens is 618 g/mol. The maximum absolute atomic E-state index is 15.3. The molecule has 2 aromatic carbocycles. The number of carbonyl (C=O) groups is 2. The number of fused-ring (bicyclic) bond motifs is 4. The van der Waals surface area contributed by atoms with Crippen LogP contribution in [0, 0.1) is 18.6 Å². The molecule has 248 valence electrons. The second kappa shape index (κ2) is 11.9. The number of aryl methyl sites for hydroxylation is 2. The Morgan fingerprint density at radius 3 is 2.58 bits per heavy atom. The Morgan fingerprint density at radius 2 is 1.90 bits per heavy atom. The van der Waals surface area contributed by atoms with Crippen molar-refractivity contribution in [2.75, 3.05) is 50.7 Å². The van der Waals surface area contributed by atoms with Gasteiger partial charge in [-0.1, -0.05) is 12.1 Å². The highest BCUT2D eigenvalue weighted by atomic mass is 19.1. The Balaban J connectivity index is 1.23. The van der Waals surface area contributed by atoms with E-state index in [9.17, 15) is 9.59 Å². The van der Waals surface area contributed by atoms with E-state index in [2.05, 4.69) is 15.5 Å². The van der Waals surface area contributed by atoms with Gasteiger partial charge in [0.15, 0.2) is 0 Å². The Hall–Kier alpha value is -5.07. The number of carbonyl (C=O) groups excluding carboxylic acids is 2. The molecule has 0 aliphatic carbocycles. The van der Waals surface area contributed by atoms with Gasteiger partial charge in [0.1, 0.15) is 34.4 Å². The molecule has 1 amide bonds. The first kappa shape index (κ1) is 31.5. The number of pyridine rings is 1. The lowest BCUT2D eigenvalue weighted by Crippen LogP contribution is -2.58. The first-order valence-corrected chi connectivity index (χ1v) is 15.7. The average molecular weight is 655 g/mol. The monoisotopic (exact) mass is 654 g/mol. The summed E-state index contributed by atoms with van der Waals surface area (Å²) in [5.74, 6) is -1.81. The van der Waals surface area contributed by atoms with E-state index >= 15 is 8.78 Å². The van der Waals surface area contributed by atoms with Crippen molar-refractivity contribution in [2.45, 2.75) is 25.8 Å². The van der Waals surface area contributed by atoms with Crippen molar-refractivity contribution >= 4 is 39.6 Å². The summed E-state index contributed by atoms with van der Waals surface area (Å²) in [4.78, 5) is 33.4. The second-order valence-corrected chi connectivity index (χ2v) is 12.7. The van der Waals surface area contributed by atoms with E-state index in [1.165, 1.54) is 6.08 Å². The second-order valence-electron chi connectivity index (χ2n) is 12.7. The quantitative estimate of drug-likeness (QED) is 0.176. The smallest absolute Gasteiger partial charge is 0.248 e. The maximum atomic E-state index is 15.3. The number of halogens is 2. The fourth-order valence-electron chi connectivity index (χ4n) is 6.62. The number of rotatable bonds is 8. The van der Waals surface area contributed by atoms with Crippen LogP contribution in [-0.2, 0) is 23.0 Å². The van der Waals surface area contributed by atoms with Gasteiger partial charge in [0.25, 0.3) is 0 Å². The third-order valence-corrected chi connectivity index (χ3v) is 9.34. The Morgan fingerprint density at radius 1 is 1.15 bits per heavy atom. The molecule has 0 atom stereocenters. The summed E-state index contributed by atoms with van der Waals surface area (Å²) in [6.45, 7) is 6.13. The van der Waals surface area contributed by atoms with Crippen LogP contribution in [0.25, 0.3) is 27.7 Å². The third kappa shape index (κ3) is 5.21. The number of ketones is 1. The number of ether oxygens (including phenoxy) is 2. The molecule has 0 saturated carbocycles. The van der Waals surface area contributed by atoms with Crippen LogP contribution < -0.4 is 20.3 Å².